The van der Waals surface area contributed by atoms with Gasteiger partial charge in [0.15, 0.2) is 12.4 Å². The van der Waals surface area contributed by atoms with Crippen molar-refractivity contribution in [2.75, 3.05) is 0 Å². The lowest BCUT2D eigenvalue weighted by atomic mass is 10.0. The second kappa shape index (κ2) is 4.97. The fourth-order valence-corrected chi connectivity index (χ4v) is 0.863. The van der Waals surface area contributed by atoms with Crippen LogP contribution in [0, 0.1) is 0 Å². The molecule has 1 N–H and O–H groups in total. The van der Waals surface area contributed by atoms with Crippen molar-refractivity contribution in [1.29, 1.82) is 0 Å². The third-order valence-electron chi connectivity index (χ3n) is 1.51. The van der Waals surface area contributed by atoms with Crippen LogP contribution in [0.2, 0.25) is 0 Å². The normalized spacial score (nSPS) is 13.5. The van der Waals surface area contributed by atoms with Crippen LogP contribution in [0.1, 0.15) is 33.6 Å². The average molecular weight is 188 g/mol. The molecule has 0 aliphatic heterocycles. The van der Waals surface area contributed by atoms with Crippen LogP contribution in [0.4, 0.5) is 0 Å². The number of aldehydes is 1. The molecule has 0 aromatic rings. The second-order valence-corrected chi connectivity index (χ2v) is 3.64. The molecule has 1 atom stereocenters. The van der Waals surface area contributed by atoms with Gasteiger partial charge in [-0.3, -0.25) is 9.59 Å². The van der Waals surface area contributed by atoms with Crippen molar-refractivity contribution >= 4 is 12.3 Å². The minimum Gasteiger partial charge on any atom is -0.455 e. The molecular weight excluding hydrogens is 172 g/mol. The van der Waals surface area contributed by atoms with E-state index in [0.29, 0.717) is 19.1 Å². The van der Waals surface area contributed by atoms with Gasteiger partial charge in [0.05, 0.1) is 5.60 Å². The predicted molar refractivity (Wildman–Crippen MR) is 47.1 cm³/mol. The van der Waals surface area contributed by atoms with E-state index in [0.717, 1.165) is 0 Å². The lowest BCUT2D eigenvalue weighted by Gasteiger charge is -2.18. The molecule has 0 bridgehead atoms. The fraction of sp³-hybridized carbons (Fsp3) is 0.778. The first kappa shape index (κ1) is 12.1. The number of hydrogen-bond acceptors (Lipinski definition) is 4. The van der Waals surface area contributed by atoms with Gasteiger partial charge in [-0.05, 0) is 26.7 Å². The Morgan fingerprint density at radius 3 is 2.46 bits per heavy atom. The Morgan fingerprint density at radius 1 is 1.62 bits per heavy atom. The first-order valence-corrected chi connectivity index (χ1v) is 4.20. The van der Waals surface area contributed by atoms with E-state index in [1.165, 1.54) is 6.92 Å². The van der Waals surface area contributed by atoms with E-state index < -0.39 is 17.7 Å². The molecule has 0 aromatic heterocycles. The van der Waals surface area contributed by atoms with E-state index in [2.05, 4.69) is 4.74 Å². The maximum Gasteiger partial charge on any atom is 0.303 e. The Labute approximate surface area is 77.9 Å². The van der Waals surface area contributed by atoms with Gasteiger partial charge >= 0.3 is 5.97 Å². The van der Waals surface area contributed by atoms with E-state index in [1.54, 1.807) is 13.8 Å². The molecule has 76 valence electrons. The number of rotatable bonds is 5. The van der Waals surface area contributed by atoms with Crippen LogP contribution in [-0.4, -0.2) is 29.1 Å². The maximum atomic E-state index is 10.5. The molecule has 0 unspecified atom stereocenters. The Balaban J connectivity index is 3.86. The summed E-state index contributed by atoms with van der Waals surface area (Å²) >= 11 is 0. The fourth-order valence-electron chi connectivity index (χ4n) is 0.863. The number of aliphatic hydroxyl groups is 1. The van der Waals surface area contributed by atoms with Gasteiger partial charge in [-0.2, -0.15) is 0 Å². The van der Waals surface area contributed by atoms with Gasteiger partial charge in [0.2, 0.25) is 0 Å². The molecule has 0 radical (unpaired) electrons. The van der Waals surface area contributed by atoms with Gasteiger partial charge < -0.3 is 9.84 Å². The number of carbonyl (C=O) groups excluding carboxylic acids is 2. The maximum absolute atomic E-state index is 10.5. The van der Waals surface area contributed by atoms with E-state index in [-0.39, 0.29) is 0 Å². The van der Waals surface area contributed by atoms with Gasteiger partial charge in [0.1, 0.15) is 0 Å². The zero-order valence-corrected chi connectivity index (χ0v) is 8.24. The summed E-state index contributed by atoms with van der Waals surface area (Å²) in [5.74, 6) is -0.479. The van der Waals surface area contributed by atoms with Gasteiger partial charge in [0, 0.05) is 6.92 Å². The molecule has 0 rings (SSSR count). The summed E-state index contributed by atoms with van der Waals surface area (Å²) in [4.78, 5) is 20.9. The smallest absolute Gasteiger partial charge is 0.303 e. The molecule has 0 aliphatic carbocycles. The molecule has 0 amide bonds. The highest BCUT2D eigenvalue weighted by Crippen LogP contribution is 2.12. The molecule has 0 heterocycles. The summed E-state index contributed by atoms with van der Waals surface area (Å²) < 4.78 is 4.68. The monoisotopic (exact) mass is 188 g/mol. The molecule has 4 nitrogen and oxygen atoms in total. The molecule has 4 heteroatoms. The molecule has 0 aromatic carbocycles. The van der Waals surface area contributed by atoms with Crippen molar-refractivity contribution in [2.24, 2.45) is 0 Å². The Kier molecular flexibility index (Phi) is 4.62. The predicted octanol–water partition coefficient (Wildman–Crippen LogP) is 0.668. The largest absolute Gasteiger partial charge is 0.455 e. The molecule has 0 spiro atoms. The quantitative estimate of drug-likeness (QED) is 0.508. The second-order valence-electron chi connectivity index (χ2n) is 3.64. The molecule has 0 saturated heterocycles. The van der Waals surface area contributed by atoms with Crippen LogP contribution in [0.5, 0.6) is 0 Å². The van der Waals surface area contributed by atoms with E-state index in [4.69, 9.17) is 0 Å². The first-order chi connectivity index (χ1) is 5.85. The number of carbonyl (C=O) groups is 2. The zero-order chi connectivity index (χ0) is 10.5. The van der Waals surface area contributed by atoms with Crippen LogP contribution in [-0.2, 0) is 14.3 Å². The number of esters is 1. The minimum atomic E-state index is -0.832. The number of ether oxygens (including phenoxy) is 1. The lowest BCUT2D eigenvalue weighted by molar-refractivity contribution is -0.150. The van der Waals surface area contributed by atoms with Crippen LogP contribution >= 0.6 is 0 Å². The van der Waals surface area contributed by atoms with Crippen molar-refractivity contribution in [2.45, 2.75) is 45.3 Å². The van der Waals surface area contributed by atoms with Crippen molar-refractivity contribution < 1.29 is 19.4 Å². The van der Waals surface area contributed by atoms with Gasteiger partial charge in [-0.15, -0.1) is 0 Å². The van der Waals surface area contributed by atoms with Crippen molar-refractivity contribution in [1.82, 2.24) is 0 Å². The molecular formula is C9H16O4. The van der Waals surface area contributed by atoms with Crippen LogP contribution in [0.15, 0.2) is 0 Å². The van der Waals surface area contributed by atoms with Crippen molar-refractivity contribution in [3.05, 3.63) is 0 Å². The summed E-state index contributed by atoms with van der Waals surface area (Å²) in [6.07, 6.45) is 0.618. The first-order valence-electron chi connectivity index (χ1n) is 4.20. The lowest BCUT2D eigenvalue weighted by Crippen LogP contribution is -2.24. The summed E-state index contributed by atoms with van der Waals surface area (Å²) in [6, 6.07) is 0. The Morgan fingerprint density at radius 2 is 2.15 bits per heavy atom. The minimum absolute atomic E-state index is 0.354. The van der Waals surface area contributed by atoms with Gasteiger partial charge in [-0.1, -0.05) is 0 Å². The van der Waals surface area contributed by atoms with Crippen LogP contribution in [0.3, 0.4) is 0 Å². The summed E-state index contributed by atoms with van der Waals surface area (Å²) in [5.41, 5.74) is -0.832. The Bertz CT molecular complexity index is 181. The number of hydrogen-bond donors (Lipinski definition) is 1. The van der Waals surface area contributed by atoms with E-state index in [9.17, 15) is 14.7 Å². The standard InChI is InChI=1S/C9H16O4/c1-7(11)13-8(6-10)4-5-9(2,3)12/h6,8,12H,4-5H2,1-3H3/t8-/m0/s1. The highest BCUT2D eigenvalue weighted by atomic mass is 16.5. The summed E-state index contributed by atoms with van der Waals surface area (Å²) in [6.45, 7) is 4.53. The van der Waals surface area contributed by atoms with Gasteiger partial charge in [0.25, 0.3) is 0 Å². The van der Waals surface area contributed by atoms with Gasteiger partial charge in [-0.25, -0.2) is 0 Å². The van der Waals surface area contributed by atoms with Crippen molar-refractivity contribution in [3.8, 4) is 0 Å². The van der Waals surface area contributed by atoms with E-state index in [1.807, 2.05) is 0 Å². The topological polar surface area (TPSA) is 63.6 Å². The molecule has 0 fully saturated rings. The third-order valence-corrected chi connectivity index (χ3v) is 1.51. The Hall–Kier alpha value is -0.900. The van der Waals surface area contributed by atoms with Crippen LogP contribution < -0.4 is 0 Å². The highest BCUT2D eigenvalue weighted by molar-refractivity contribution is 5.69. The van der Waals surface area contributed by atoms with Crippen LogP contribution in [0.25, 0.3) is 0 Å². The molecule has 0 aliphatic rings. The summed E-state index contributed by atoms with van der Waals surface area (Å²) in [5, 5.41) is 9.34. The third kappa shape index (κ3) is 7.46. The van der Waals surface area contributed by atoms with E-state index >= 15 is 0 Å². The molecule has 13 heavy (non-hydrogen) atoms. The average Bonchev–Trinajstić information content (AvgIpc) is 1.95. The highest BCUT2D eigenvalue weighted by Gasteiger charge is 2.17. The SMILES string of the molecule is CC(=O)O[C@H](C=O)CCC(C)(C)O. The van der Waals surface area contributed by atoms with Crippen molar-refractivity contribution in [3.63, 3.8) is 0 Å². The summed E-state index contributed by atoms with van der Waals surface area (Å²) in [7, 11) is 0. The zero-order valence-electron chi connectivity index (χ0n) is 8.24. The molecule has 0 saturated carbocycles.